The molecule has 0 rings (SSSR count). The molecule has 9 heavy (non-hydrogen) atoms. The van der Waals surface area contributed by atoms with Gasteiger partial charge in [-0.05, 0) is 0 Å². The minimum absolute atomic E-state index is 0.0746. The van der Waals surface area contributed by atoms with Crippen LogP contribution in [0.4, 0.5) is 0 Å². The van der Waals surface area contributed by atoms with Gasteiger partial charge in [0, 0.05) is 11.5 Å². The molecule has 1 N–H and O–H groups in total. The van der Waals surface area contributed by atoms with Crippen molar-refractivity contribution in [1.82, 2.24) is 0 Å². The highest BCUT2D eigenvalue weighted by Crippen LogP contribution is 2.14. The molecule has 50 valence electrons. The Kier molecular flexibility index (Phi) is 2.97. The Balaban J connectivity index is 3.89. The summed E-state index contributed by atoms with van der Waals surface area (Å²) in [6.45, 7) is 3.80. The van der Waals surface area contributed by atoms with Crippen molar-refractivity contribution in [2.24, 2.45) is 5.41 Å². The van der Waals surface area contributed by atoms with E-state index in [1.165, 1.54) is 6.08 Å². The van der Waals surface area contributed by atoms with Crippen LogP contribution in [0, 0.1) is 16.7 Å². The molecule has 0 aliphatic rings. The fraction of sp³-hybridized carbons (Fsp3) is 0.571. The first-order valence-electron chi connectivity index (χ1n) is 2.80. The third kappa shape index (κ3) is 3.75. The maximum absolute atomic E-state index is 8.66. The van der Waals surface area contributed by atoms with E-state index in [0.29, 0.717) is 0 Å². The van der Waals surface area contributed by atoms with E-state index in [-0.39, 0.29) is 12.0 Å². The second-order valence-corrected chi connectivity index (χ2v) is 2.61. The number of allylic oxidation sites excluding steroid dienone is 1. The molecule has 0 aromatic heterocycles. The maximum atomic E-state index is 8.66. The van der Waals surface area contributed by atoms with Crippen molar-refractivity contribution < 1.29 is 5.11 Å². The minimum atomic E-state index is -0.254. The summed E-state index contributed by atoms with van der Waals surface area (Å²) in [4.78, 5) is 0. The summed E-state index contributed by atoms with van der Waals surface area (Å²) in [5.74, 6) is 0. The predicted octanol–water partition coefficient (Wildman–Crippen LogP) is 1.08. The number of aliphatic hydroxyl groups excluding tert-OH is 1. The molecule has 0 aliphatic carbocycles. The molecule has 0 unspecified atom stereocenters. The number of rotatable bonds is 2. The zero-order chi connectivity index (χ0) is 7.33. The van der Waals surface area contributed by atoms with E-state index in [2.05, 4.69) is 0 Å². The van der Waals surface area contributed by atoms with E-state index >= 15 is 0 Å². The Hall–Kier alpha value is -0.810. The van der Waals surface area contributed by atoms with Crippen molar-refractivity contribution in [2.75, 3.05) is 6.61 Å². The van der Waals surface area contributed by atoms with E-state index in [1.54, 1.807) is 6.08 Å². The molecule has 0 atom stereocenters. The summed E-state index contributed by atoms with van der Waals surface area (Å²) in [6, 6.07) is 1.87. The molecule has 0 aromatic rings. The molecule has 0 saturated carbocycles. The van der Waals surface area contributed by atoms with Crippen LogP contribution in [0.2, 0.25) is 0 Å². The fourth-order valence-corrected chi connectivity index (χ4v) is 0.316. The molecule has 0 radical (unpaired) electrons. The van der Waals surface area contributed by atoms with Gasteiger partial charge in [0.15, 0.2) is 0 Å². The van der Waals surface area contributed by atoms with Crippen LogP contribution in [0.3, 0.4) is 0 Å². The summed E-state index contributed by atoms with van der Waals surface area (Å²) in [6.07, 6.45) is 3.07. The fourth-order valence-electron chi connectivity index (χ4n) is 0.316. The SMILES string of the molecule is CC(C)(C=CC#N)CO. The standard InChI is InChI=1S/C7H11NO/c1-7(2,6-9)4-3-5-8/h3-4,9H,6H2,1-2H3. The topological polar surface area (TPSA) is 44.0 Å². The molecular weight excluding hydrogens is 114 g/mol. The molecule has 0 fully saturated rings. The summed E-state index contributed by atoms with van der Waals surface area (Å²) in [7, 11) is 0. The third-order valence-corrected chi connectivity index (χ3v) is 1.02. The lowest BCUT2D eigenvalue weighted by Crippen LogP contribution is -2.12. The van der Waals surface area contributed by atoms with Crippen LogP contribution in [0.1, 0.15) is 13.8 Å². The zero-order valence-electron chi connectivity index (χ0n) is 5.76. The highest BCUT2D eigenvalue weighted by atomic mass is 16.3. The van der Waals surface area contributed by atoms with Crippen LogP contribution < -0.4 is 0 Å². The van der Waals surface area contributed by atoms with E-state index in [1.807, 2.05) is 19.9 Å². The van der Waals surface area contributed by atoms with Gasteiger partial charge in [-0.2, -0.15) is 5.26 Å². The lowest BCUT2D eigenvalue weighted by molar-refractivity contribution is 0.199. The van der Waals surface area contributed by atoms with Gasteiger partial charge >= 0.3 is 0 Å². The van der Waals surface area contributed by atoms with Crippen LogP contribution in [0.25, 0.3) is 0 Å². The average Bonchev–Trinajstić information content (AvgIpc) is 1.84. The largest absolute Gasteiger partial charge is 0.395 e. The Morgan fingerprint density at radius 2 is 2.22 bits per heavy atom. The molecule has 0 heterocycles. The smallest absolute Gasteiger partial charge is 0.0908 e. The molecule has 0 amide bonds. The van der Waals surface area contributed by atoms with Crippen molar-refractivity contribution in [3.63, 3.8) is 0 Å². The van der Waals surface area contributed by atoms with Crippen molar-refractivity contribution >= 4 is 0 Å². The van der Waals surface area contributed by atoms with E-state index in [0.717, 1.165) is 0 Å². The van der Waals surface area contributed by atoms with Gasteiger partial charge in [0.25, 0.3) is 0 Å². The second kappa shape index (κ2) is 3.26. The average molecular weight is 125 g/mol. The molecule has 0 saturated heterocycles. The Labute approximate surface area is 55.4 Å². The van der Waals surface area contributed by atoms with E-state index < -0.39 is 0 Å². The summed E-state index contributed by atoms with van der Waals surface area (Å²) < 4.78 is 0. The van der Waals surface area contributed by atoms with Crippen LogP contribution in [-0.2, 0) is 0 Å². The minimum Gasteiger partial charge on any atom is -0.395 e. The van der Waals surface area contributed by atoms with Crippen LogP contribution >= 0.6 is 0 Å². The Morgan fingerprint density at radius 3 is 2.56 bits per heavy atom. The van der Waals surface area contributed by atoms with Gasteiger partial charge in [-0.15, -0.1) is 0 Å². The van der Waals surface area contributed by atoms with Crippen molar-refractivity contribution in [1.29, 1.82) is 5.26 Å². The molecule has 2 heteroatoms. The number of aliphatic hydroxyl groups is 1. The zero-order valence-corrected chi connectivity index (χ0v) is 5.76. The first-order chi connectivity index (χ1) is 4.12. The van der Waals surface area contributed by atoms with Crippen molar-refractivity contribution in [2.45, 2.75) is 13.8 Å². The first kappa shape index (κ1) is 8.19. The molecule has 0 aromatic carbocycles. The Bertz CT molecular complexity index is 141. The summed E-state index contributed by atoms with van der Waals surface area (Å²) in [5, 5.41) is 16.8. The predicted molar refractivity (Wildman–Crippen MR) is 35.6 cm³/mol. The Morgan fingerprint density at radius 1 is 1.67 bits per heavy atom. The van der Waals surface area contributed by atoms with Gasteiger partial charge < -0.3 is 5.11 Å². The molecular formula is C7H11NO. The summed E-state index contributed by atoms with van der Waals surface area (Å²) in [5.41, 5.74) is -0.254. The van der Waals surface area contributed by atoms with Gasteiger partial charge in [0.05, 0.1) is 12.7 Å². The van der Waals surface area contributed by atoms with Crippen molar-refractivity contribution in [3.8, 4) is 6.07 Å². The lowest BCUT2D eigenvalue weighted by atomic mass is 9.95. The number of hydrogen-bond donors (Lipinski definition) is 1. The monoisotopic (exact) mass is 125 g/mol. The number of nitriles is 1. The molecule has 0 aliphatic heterocycles. The van der Waals surface area contributed by atoms with Crippen molar-refractivity contribution in [3.05, 3.63) is 12.2 Å². The quantitative estimate of drug-likeness (QED) is 0.561. The molecule has 0 spiro atoms. The van der Waals surface area contributed by atoms with Gasteiger partial charge in [-0.1, -0.05) is 19.9 Å². The number of nitrogens with zero attached hydrogens (tertiary/aromatic N) is 1. The third-order valence-electron chi connectivity index (χ3n) is 1.02. The second-order valence-electron chi connectivity index (χ2n) is 2.61. The maximum Gasteiger partial charge on any atom is 0.0908 e. The van der Waals surface area contributed by atoms with E-state index in [9.17, 15) is 0 Å². The summed E-state index contributed by atoms with van der Waals surface area (Å²) >= 11 is 0. The van der Waals surface area contributed by atoms with E-state index in [4.69, 9.17) is 10.4 Å². The van der Waals surface area contributed by atoms with Gasteiger partial charge in [0.1, 0.15) is 0 Å². The molecule has 0 bridgehead atoms. The van der Waals surface area contributed by atoms with Gasteiger partial charge in [-0.25, -0.2) is 0 Å². The number of hydrogen-bond acceptors (Lipinski definition) is 2. The molecule has 2 nitrogen and oxygen atoms in total. The van der Waals surface area contributed by atoms with Gasteiger partial charge in [0.2, 0.25) is 0 Å². The van der Waals surface area contributed by atoms with Crippen LogP contribution in [0.5, 0.6) is 0 Å². The van der Waals surface area contributed by atoms with Crippen LogP contribution in [-0.4, -0.2) is 11.7 Å². The lowest BCUT2D eigenvalue weighted by Gasteiger charge is -2.14. The normalized spacial score (nSPS) is 11.8. The van der Waals surface area contributed by atoms with Gasteiger partial charge in [-0.3, -0.25) is 0 Å². The highest BCUT2D eigenvalue weighted by Gasteiger charge is 2.10. The van der Waals surface area contributed by atoms with Crippen LogP contribution in [0.15, 0.2) is 12.2 Å². The first-order valence-corrected chi connectivity index (χ1v) is 2.80. The highest BCUT2D eigenvalue weighted by molar-refractivity contribution is 5.06.